The molecule has 1 saturated carbocycles. The molecule has 1 aliphatic carbocycles. The molecule has 0 heterocycles. The molecule has 0 aromatic heterocycles. The van der Waals surface area contributed by atoms with Crippen molar-refractivity contribution in [3.8, 4) is 0 Å². The normalized spacial score (nSPS) is 19.7. The summed E-state index contributed by atoms with van der Waals surface area (Å²) in [7, 11) is 0. The van der Waals surface area contributed by atoms with Gasteiger partial charge in [0, 0.05) is 16.1 Å². The third-order valence-corrected chi connectivity index (χ3v) is 3.86. The summed E-state index contributed by atoms with van der Waals surface area (Å²) in [5.41, 5.74) is 7.36. The van der Waals surface area contributed by atoms with Gasteiger partial charge in [-0.15, -0.1) is 0 Å². The van der Waals surface area contributed by atoms with Crippen LogP contribution in [0, 0.1) is 5.92 Å². The highest BCUT2D eigenvalue weighted by molar-refractivity contribution is 6.34. The number of halogens is 2. The molecule has 0 unspecified atom stereocenters. The zero-order valence-corrected chi connectivity index (χ0v) is 10.8. The molecule has 88 valence electrons. The van der Waals surface area contributed by atoms with Crippen LogP contribution in [0.3, 0.4) is 0 Å². The topological polar surface area (TPSA) is 26.0 Å². The van der Waals surface area contributed by atoms with Crippen molar-refractivity contribution in [2.24, 2.45) is 11.7 Å². The summed E-state index contributed by atoms with van der Waals surface area (Å²) in [6.07, 6.45) is 6.40. The van der Waals surface area contributed by atoms with E-state index < -0.39 is 0 Å². The lowest BCUT2D eigenvalue weighted by molar-refractivity contribution is 0.308. The number of nitrogens with two attached hydrogens (primary N) is 1. The number of benzene rings is 1. The van der Waals surface area contributed by atoms with Crippen LogP contribution in [0.25, 0.3) is 0 Å². The average Bonchev–Trinajstić information content (AvgIpc) is 2.28. The van der Waals surface area contributed by atoms with E-state index in [2.05, 4.69) is 0 Å². The second-order valence-corrected chi connectivity index (χ2v) is 5.50. The smallest absolute Gasteiger partial charge is 0.0424 e. The monoisotopic (exact) mass is 257 g/mol. The van der Waals surface area contributed by atoms with E-state index in [0.29, 0.717) is 16.0 Å². The van der Waals surface area contributed by atoms with E-state index in [1.807, 2.05) is 12.1 Å². The van der Waals surface area contributed by atoms with E-state index in [1.54, 1.807) is 6.07 Å². The summed E-state index contributed by atoms with van der Waals surface area (Å²) >= 11 is 12.0. The minimum absolute atomic E-state index is 0.0801. The van der Waals surface area contributed by atoms with Gasteiger partial charge in [-0.2, -0.15) is 0 Å². The van der Waals surface area contributed by atoms with Crippen molar-refractivity contribution in [3.63, 3.8) is 0 Å². The molecule has 1 fully saturated rings. The molecule has 0 radical (unpaired) electrons. The van der Waals surface area contributed by atoms with Gasteiger partial charge in [-0.05, 0) is 42.5 Å². The quantitative estimate of drug-likeness (QED) is 0.825. The molecule has 1 aromatic carbocycles. The first-order chi connectivity index (χ1) is 7.66. The lowest BCUT2D eigenvalue weighted by Gasteiger charge is -2.28. The van der Waals surface area contributed by atoms with E-state index in [4.69, 9.17) is 28.9 Å². The summed E-state index contributed by atoms with van der Waals surface area (Å²) in [5.74, 6) is 0.586. The summed E-state index contributed by atoms with van der Waals surface area (Å²) in [4.78, 5) is 0. The van der Waals surface area contributed by atoms with Crippen LogP contribution in [0.1, 0.15) is 43.7 Å². The highest BCUT2D eigenvalue weighted by Crippen LogP contribution is 2.34. The maximum atomic E-state index is 6.29. The molecule has 1 nitrogen and oxygen atoms in total. The Morgan fingerprint density at radius 2 is 1.56 bits per heavy atom. The van der Waals surface area contributed by atoms with Crippen LogP contribution >= 0.6 is 23.2 Å². The van der Waals surface area contributed by atoms with Crippen LogP contribution in [0.5, 0.6) is 0 Å². The minimum Gasteiger partial charge on any atom is -0.324 e. The maximum absolute atomic E-state index is 6.29. The molecule has 2 N–H and O–H groups in total. The van der Waals surface area contributed by atoms with Gasteiger partial charge in [-0.3, -0.25) is 0 Å². The molecular formula is C13H17Cl2N. The van der Waals surface area contributed by atoms with Gasteiger partial charge >= 0.3 is 0 Å². The summed E-state index contributed by atoms with van der Waals surface area (Å²) in [6, 6.07) is 5.70. The van der Waals surface area contributed by atoms with E-state index in [9.17, 15) is 0 Å². The van der Waals surface area contributed by atoms with Gasteiger partial charge in [0.25, 0.3) is 0 Å². The Bertz CT molecular complexity index is 339. The fraction of sp³-hybridized carbons (Fsp3) is 0.538. The Morgan fingerprint density at radius 1 is 1.00 bits per heavy atom. The largest absolute Gasteiger partial charge is 0.324 e. The highest BCUT2D eigenvalue weighted by atomic mass is 35.5. The van der Waals surface area contributed by atoms with E-state index >= 15 is 0 Å². The number of rotatable bonds is 2. The SMILES string of the molecule is N[C@H](c1cc(Cl)cc(Cl)c1)C1CCCCC1. The molecule has 0 amide bonds. The van der Waals surface area contributed by atoms with Gasteiger partial charge in [0.05, 0.1) is 0 Å². The lowest BCUT2D eigenvalue weighted by atomic mass is 9.81. The first-order valence-corrected chi connectivity index (χ1v) is 6.64. The predicted octanol–water partition coefficient (Wildman–Crippen LogP) is 4.57. The Hall–Kier alpha value is -0.240. The minimum atomic E-state index is 0.0801. The molecular weight excluding hydrogens is 241 g/mol. The van der Waals surface area contributed by atoms with E-state index in [0.717, 1.165) is 5.56 Å². The van der Waals surface area contributed by atoms with Gasteiger partial charge < -0.3 is 5.73 Å². The van der Waals surface area contributed by atoms with Crippen LogP contribution in [0.4, 0.5) is 0 Å². The Labute approximate surface area is 107 Å². The third kappa shape index (κ3) is 2.91. The molecule has 0 bridgehead atoms. The summed E-state index contributed by atoms with van der Waals surface area (Å²) in [5, 5.41) is 1.35. The molecule has 1 aliphatic rings. The molecule has 1 atom stereocenters. The fourth-order valence-corrected chi connectivity index (χ4v) is 3.08. The van der Waals surface area contributed by atoms with Gasteiger partial charge in [0.2, 0.25) is 0 Å². The van der Waals surface area contributed by atoms with Crippen molar-refractivity contribution >= 4 is 23.2 Å². The highest BCUT2D eigenvalue weighted by Gasteiger charge is 2.22. The van der Waals surface area contributed by atoms with Crippen molar-refractivity contribution in [2.45, 2.75) is 38.1 Å². The second-order valence-electron chi connectivity index (χ2n) is 4.63. The van der Waals surface area contributed by atoms with E-state index in [-0.39, 0.29) is 6.04 Å². The first kappa shape index (κ1) is 12.2. The standard InChI is InChI=1S/C13H17Cl2N/c14-11-6-10(7-12(15)8-11)13(16)9-4-2-1-3-5-9/h6-9,13H,1-5,16H2/t13-/m0/s1. The molecule has 0 saturated heterocycles. The molecule has 1 aromatic rings. The third-order valence-electron chi connectivity index (χ3n) is 3.43. The first-order valence-electron chi connectivity index (χ1n) is 5.88. The van der Waals surface area contributed by atoms with Gasteiger partial charge in [0.1, 0.15) is 0 Å². The number of hydrogen-bond donors (Lipinski definition) is 1. The number of hydrogen-bond acceptors (Lipinski definition) is 1. The van der Waals surface area contributed by atoms with Gasteiger partial charge in [-0.1, -0.05) is 42.5 Å². The van der Waals surface area contributed by atoms with Crippen LogP contribution in [-0.4, -0.2) is 0 Å². The van der Waals surface area contributed by atoms with Crippen LogP contribution in [0.15, 0.2) is 18.2 Å². The van der Waals surface area contributed by atoms with Crippen molar-refractivity contribution in [1.82, 2.24) is 0 Å². The van der Waals surface area contributed by atoms with Crippen molar-refractivity contribution in [2.75, 3.05) is 0 Å². The molecule has 0 aliphatic heterocycles. The Kier molecular flexibility index (Phi) is 4.12. The van der Waals surface area contributed by atoms with Crippen LogP contribution < -0.4 is 5.73 Å². The van der Waals surface area contributed by atoms with Crippen LogP contribution in [-0.2, 0) is 0 Å². The zero-order valence-electron chi connectivity index (χ0n) is 9.26. The Morgan fingerprint density at radius 3 is 2.12 bits per heavy atom. The fourth-order valence-electron chi connectivity index (χ4n) is 2.53. The summed E-state index contributed by atoms with van der Waals surface area (Å²) < 4.78 is 0. The van der Waals surface area contributed by atoms with E-state index in [1.165, 1.54) is 32.1 Å². The van der Waals surface area contributed by atoms with Crippen molar-refractivity contribution < 1.29 is 0 Å². The lowest BCUT2D eigenvalue weighted by Crippen LogP contribution is -2.23. The van der Waals surface area contributed by atoms with Crippen molar-refractivity contribution in [1.29, 1.82) is 0 Å². The molecule has 2 rings (SSSR count). The van der Waals surface area contributed by atoms with Gasteiger partial charge in [-0.25, -0.2) is 0 Å². The van der Waals surface area contributed by atoms with Crippen molar-refractivity contribution in [3.05, 3.63) is 33.8 Å². The summed E-state index contributed by atoms with van der Waals surface area (Å²) in [6.45, 7) is 0. The predicted molar refractivity (Wildman–Crippen MR) is 70.0 cm³/mol. The second kappa shape index (κ2) is 5.39. The van der Waals surface area contributed by atoms with Gasteiger partial charge in [0.15, 0.2) is 0 Å². The average molecular weight is 258 g/mol. The molecule has 0 spiro atoms. The zero-order chi connectivity index (χ0) is 11.5. The molecule has 16 heavy (non-hydrogen) atoms. The Balaban J connectivity index is 2.15. The molecule has 3 heteroatoms. The van der Waals surface area contributed by atoms with Crippen LogP contribution in [0.2, 0.25) is 10.0 Å². The maximum Gasteiger partial charge on any atom is 0.0424 e.